The Morgan fingerprint density at radius 3 is 2.32 bits per heavy atom. The fraction of sp³-hybridized carbons (Fsp3) is 0.222. The van der Waals surface area contributed by atoms with Crippen molar-refractivity contribution in [2.24, 2.45) is 0 Å². The summed E-state index contributed by atoms with van der Waals surface area (Å²) < 4.78 is 0. The Morgan fingerprint density at radius 2 is 1.68 bits per heavy atom. The van der Waals surface area contributed by atoms with Crippen LogP contribution in [0.3, 0.4) is 0 Å². The Kier molecular flexibility index (Phi) is 4.79. The summed E-state index contributed by atoms with van der Waals surface area (Å²) in [6.07, 6.45) is 5.68. The number of unbranched alkanes of at least 4 members (excludes halogenated alkanes) is 1. The predicted molar refractivity (Wildman–Crippen MR) is 81.9 cm³/mol. The molecule has 0 bridgehead atoms. The maximum Gasteiger partial charge on any atom is 0.115 e. The molecule has 1 nitrogen and oxygen atoms in total. The van der Waals surface area contributed by atoms with Crippen LogP contribution in [0.5, 0.6) is 5.75 Å². The lowest BCUT2D eigenvalue weighted by Crippen LogP contribution is -1.85. The average Bonchev–Trinajstić information content (AvgIpc) is 2.46. The summed E-state index contributed by atoms with van der Waals surface area (Å²) in [6, 6.07) is 17.9. The monoisotopic (exact) mass is 252 g/mol. The minimum Gasteiger partial charge on any atom is -0.508 e. The Labute approximate surface area is 115 Å². The minimum absolute atomic E-state index is 0.312. The molecule has 0 fully saturated rings. The molecule has 0 saturated carbocycles. The molecular weight excluding hydrogens is 232 g/mol. The van der Waals surface area contributed by atoms with E-state index in [1.54, 1.807) is 12.1 Å². The number of hydrogen-bond donors (Lipinski definition) is 1. The molecule has 2 aromatic rings. The molecule has 1 heteroatoms. The smallest absolute Gasteiger partial charge is 0.115 e. The maximum atomic E-state index is 9.33. The van der Waals surface area contributed by atoms with Gasteiger partial charge in [0.05, 0.1) is 0 Å². The van der Waals surface area contributed by atoms with Crippen LogP contribution in [0.1, 0.15) is 37.3 Å². The summed E-state index contributed by atoms with van der Waals surface area (Å²) in [5.41, 5.74) is 3.77. The van der Waals surface area contributed by atoms with E-state index in [0.717, 1.165) is 12.0 Å². The number of hydrogen-bond acceptors (Lipinski definition) is 1. The third-order valence-corrected chi connectivity index (χ3v) is 3.18. The Bertz CT molecular complexity index is 523. The molecule has 98 valence electrons. The zero-order valence-corrected chi connectivity index (χ0v) is 11.3. The van der Waals surface area contributed by atoms with Crippen LogP contribution >= 0.6 is 0 Å². The van der Waals surface area contributed by atoms with Gasteiger partial charge in [0.15, 0.2) is 0 Å². The van der Waals surface area contributed by atoms with E-state index in [2.05, 4.69) is 37.3 Å². The fourth-order valence-corrected chi connectivity index (χ4v) is 2.09. The quantitative estimate of drug-likeness (QED) is 0.732. The number of rotatable bonds is 5. The second-order valence-electron chi connectivity index (χ2n) is 4.73. The van der Waals surface area contributed by atoms with Gasteiger partial charge in [-0.05, 0) is 41.7 Å². The van der Waals surface area contributed by atoms with Gasteiger partial charge in [0.2, 0.25) is 0 Å². The van der Waals surface area contributed by atoms with E-state index >= 15 is 0 Å². The van der Waals surface area contributed by atoms with Crippen molar-refractivity contribution in [2.45, 2.75) is 26.2 Å². The Morgan fingerprint density at radius 1 is 1.00 bits per heavy atom. The number of allylic oxidation sites excluding steroid dienone is 1. The summed E-state index contributed by atoms with van der Waals surface area (Å²) in [7, 11) is 0. The topological polar surface area (TPSA) is 20.2 Å². The fourth-order valence-electron chi connectivity index (χ4n) is 2.09. The van der Waals surface area contributed by atoms with Gasteiger partial charge in [-0.3, -0.25) is 0 Å². The van der Waals surface area contributed by atoms with Crippen LogP contribution in [0.2, 0.25) is 0 Å². The highest BCUT2D eigenvalue weighted by Crippen LogP contribution is 2.24. The van der Waals surface area contributed by atoms with E-state index in [4.69, 9.17) is 0 Å². The van der Waals surface area contributed by atoms with E-state index in [1.165, 1.54) is 24.0 Å². The van der Waals surface area contributed by atoms with Crippen molar-refractivity contribution >= 4 is 11.6 Å². The van der Waals surface area contributed by atoms with Gasteiger partial charge in [-0.1, -0.05) is 61.9 Å². The number of benzene rings is 2. The third-order valence-electron chi connectivity index (χ3n) is 3.18. The van der Waals surface area contributed by atoms with Gasteiger partial charge in [0, 0.05) is 0 Å². The molecule has 2 rings (SSSR count). The van der Waals surface area contributed by atoms with Crippen molar-refractivity contribution in [1.82, 2.24) is 0 Å². The van der Waals surface area contributed by atoms with Crippen molar-refractivity contribution < 1.29 is 5.11 Å². The van der Waals surface area contributed by atoms with Crippen LogP contribution < -0.4 is 0 Å². The van der Waals surface area contributed by atoms with E-state index in [-0.39, 0.29) is 0 Å². The lowest BCUT2D eigenvalue weighted by Gasteiger charge is -2.08. The molecule has 0 aromatic heterocycles. The lowest BCUT2D eigenvalue weighted by molar-refractivity contribution is 0.475. The molecule has 0 heterocycles. The summed E-state index contributed by atoms with van der Waals surface area (Å²) in [5.74, 6) is 0.312. The van der Waals surface area contributed by atoms with Gasteiger partial charge < -0.3 is 5.11 Å². The highest BCUT2D eigenvalue weighted by Gasteiger charge is 2.01. The molecule has 0 unspecified atom stereocenters. The van der Waals surface area contributed by atoms with Gasteiger partial charge in [-0.2, -0.15) is 0 Å². The zero-order valence-electron chi connectivity index (χ0n) is 11.3. The summed E-state index contributed by atoms with van der Waals surface area (Å²) in [6.45, 7) is 2.21. The molecule has 0 aliphatic rings. The number of phenols is 1. The SMILES string of the molecule is CCCC/C(=C/c1ccc(O)cc1)c1ccccc1. The summed E-state index contributed by atoms with van der Waals surface area (Å²) >= 11 is 0. The molecule has 0 spiro atoms. The van der Waals surface area contributed by atoms with E-state index in [0.29, 0.717) is 5.75 Å². The summed E-state index contributed by atoms with van der Waals surface area (Å²) in [5, 5.41) is 9.33. The first-order valence-corrected chi connectivity index (χ1v) is 6.84. The van der Waals surface area contributed by atoms with Crippen LogP contribution in [0.25, 0.3) is 11.6 Å². The highest BCUT2D eigenvalue weighted by atomic mass is 16.3. The van der Waals surface area contributed by atoms with Crippen molar-refractivity contribution in [3.05, 3.63) is 65.7 Å². The van der Waals surface area contributed by atoms with E-state index in [1.807, 2.05) is 18.2 Å². The van der Waals surface area contributed by atoms with Gasteiger partial charge in [0.25, 0.3) is 0 Å². The van der Waals surface area contributed by atoms with Gasteiger partial charge in [-0.15, -0.1) is 0 Å². The third kappa shape index (κ3) is 3.99. The van der Waals surface area contributed by atoms with Gasteiger partial charge in [-0.25, -0.2) is 0 Å². The molecule has 19 heavy (non-hydrogen) atoms. The van der Waals surface area contributed by atoms with Crippen molar-refractivity contribution in [3.63, 3.8) is 0 Å². The average molecular weight is 252 g/mol. The first kappa shape index (κ1) is 13.4. The molecule has 0 radical (unpaired) electrons. The van der Waals surface area contributed by atoms with Crippen molar-refractivity contribution in [1.29, 1.82) is 0 Å². The van der Waals surface area contributed by atoms with Crippen molar-refractivity contribution in [2.75, 3.05) is 0 Å². The van der Waals surface area contributed by atoms with E-state index < -0.39 is 0 Å². The second kappa shape index (κ2) is 6.79. The Balaban J connectivity index is 2.29. The molecule has 0 aliphatic carbocycles. The highest BCUT2D eigenvalue weighted by molar-refractivity contribution is 5.81. The maximum absolute atomic E-state index is 9.33. The standard InChI is InChI=1S/C18H20O/c1-2-3-7-17(16-8-5-4-6-9-16)14-15-10-12-18(19)13-11-15/h4-6,8-14,19H,2-3,7H2,1H3/b17-14-. The second-order valence-corrected chi connectivity index (χ2v) is 4.73. The van der Waals surface area contributed by atoms with Crippen LogP contribution in [-0.4, -0.2) is 5.11 Å². The van der Waals surface area contributed by atoms with E-state index in [9.17, 15) is 5.11 Å². The lowest BCUT2D eigenvalue weighted by atomic mass is 9.98. The molecule has 1 N–H and O–H groups in total. The Hall–Kier alpha value is -2.02. The van der Waals surface area contributed by atoms with Crippen LogP contribution in [-0.2, 0) is 0 Å². The first-order valence-electron chi connectivity index (χ1n) is 6.84. The number of phenolic OH excluding ortho intramolecular Hbond substituents is 1. The van der Waals surface area contributed by atoms with Crippen LogP contribution in [0.15, 0.2) is 54.6 Å². The summed E-state index contributed by atoms with van der Waals surface area (Å²) in [4.78, 5) is 0. The largest absolute Gasteiger partial charge is 0.508 e. The normalized spacial score (nSPS) is 11.5. The zero-order chi connectivity index (χ0) is 13.5. The molecule has 0 aliphatic heterocycles. The number of aromatic hydroxyl groups is 1. The first-order chi connectivity index (χ1) is 9.29. The van der Waals surface area contributed by atoms with Crippen molar-refractivity contribution in [3.8, 4) is 5.75 Å². The molecular formula is C18H20O. The molecule has 0 saturated heterocycles. The predicted octanol–water partition coefficient (Wildman–Crippen LogP) is 5.12. The van der Waals surface area contributed by atoms with Gasteiger partial charge >= 0.3 is 0 Å². The van der Waals surface area contributed by atoms with Crippen LogP contribution in [0, 0.1) is 0 Å². The minimum atomic E-state index is 0.312. The molecule has 0 atom stereocenters. The molecule has 0 amide bonds. The molecule has 2 aromatic carbocycles. The van der Waals surface area contributed by atoms with Crippen LogP contribution in [0.4, 0.5) is 0 Å². The van der Waals surface area contributed by atoms with Gasteiger partial charge in [0.1, 0.15) is 5.75 Å².